The van der Waals surface area contributed by atoms with Crippen molar-refractivity contribution in [2.24, 2.45) is 5.73 Å². The van der Waals surface area contributed by atoms with Crippen LogP contribution in [0.1, 0.15) is 23.6 Å². The normalized spacial score (nSPS) is 19.4. The van der Waals surface area contributed by atoms with E-state index >= 15 is 0 Å². The van der Waals surface area contributed by atoms with Gasteiger partial charge in [0.05, 0.1) is 4.92 Å². The number of nitrogens with zero attached hydrogens (tertiary/aromatic N) is 1. The number of hydrogen-bond donors (Lipinski definition) is 1. The van der Waals surface area contributed by atoms with E-state index in [0.717, 1.165) is 22.9 Å². The van der Waals surface area contributed by atoms with Crippen molar-refractivity contribution in [2.75, 3.05) is 0 Å². The highest BCUT2D eigenvalue weighted by Crippen LogP contribution is 2.38. The molecule has 2 rings (SSSR count). The first-order valence-corrected chi connectivity index (χ1v) is 5.11. The second kappa shape index (κ2) is 3.33. The summed E-state index contributed by atoms with van der Waals surface area (Å²) in [5.74, 6) is 0. The molecular weight excluding hydrogens is 248 g/mol. The summed E-state index contributed by atoms with van der Waals surface area (Å²) in [6.45, 7) is 0. The van der Waals surface area contributed by atoms with Crippen LogP contribution in [0.4, 0.5) is 5.69 Å². The summed E-state index contributed by atoms with van der Waals surface area (Å²) in [5.41, 5.74) is 7.66. The predicted molar refractivity (Wildman–Crippen MR) is 56.0 cm³/mol. The molecule has 1 aromatic carbocycles. The molecule has 0 saturated heterocycles. The zero-order valence-corrected chi connectivity index (χ0v) is 8.95. The topological polar surface area (TPSA) is 69.2 Å². The summed E-state index contributed by atoms with van der Waals surface area (Å²) in [6, 6.07) is 3.25. The summed E-state index contributed by atoms with van der Waals surface area (Å²) >= 11 is 3.26. The highest BCUT2D eigenvalue weighted by atomic mass is 79.9. The van der Waals surface area contributed by atoms with Crippen molar-refractivity contribution < 1.29 is 4.92 Å². The third kappa shape index (κ3) is 1.42. The van der Waals surface area contributed by atoms with Gasteiger partial charge in [-0.25, -0.2) is 0 Å². The fourth-order valence-electron chi connectivity index (χ4n) is 1.90. The van der Waals surface area contributed by atoms with Gasteiger partial charge >= 0.3 is 0 Å². The molecule has 0 spiro atoms. The first-order chi connectivity index (χ1) is 6.59. The number of rotatable bonds is 1. The summed E-state index contributed by atoms with van der Waals surface area (Å²) in [7, 11) is 0. The lowest BCUT2D eigenvalue weighted by Crippen LogP contribution is -2.08. The van der Waals surface area contributed by atoms with Crippen LogP contribution in [0.25, 0.3) is 0 Å². The minimum Gasteiger partial charge on any atom is -0.324 e. The van der Waals surface area contributed by atoms with Crippen molar-refractivity contribution in [1.82, 2.24) is 0 Å². The molecule has 1 aromatic rings. The lowest BCUT2D eigenvalue weighted by atomic mass is 10.1. The van der Waals surface area contributed by atoms with E-state index in [1.165, 1.54) is 6.07 Å². The van der Waals surface area contributed by atoms with Gasteiger partial charge in [-0.05, 0) is 24.5 Å². The van der Waals surface area contributed by atoms with Crippen LogP contribution >= 0.6 is 15.9 Å². The molecule has 1 atom stereocenters. The molecule has 1 aliphatic rings. The molecule has 0 saturated carbocycles. The van der Waals surface area contributed by atoms with Crippen LogP contribution in [-0.2, 0) is 6.42 Å². The maximum atomic E-state index is 10.8. The Morgan fingerprint density at radius 1 is 1.57 bits per heavy atom. The molecule has 0 aromatic heterocycles. The van der Waals surface area contributed by atoms with E-state index in [1.54, 1.807) is 0 Å². The van der Waals surface area contributed by atoms with Crippen LogP contribution in [0.2, 0.25) is 0 Å². The Hall–Kier alpha value is -0.940. The van der Waals surface area contributed by atoms with E-state index in [0.29, 0.717) is 5.56 Å². The number of fused-ring (bicyclic) bond motifs is 1. The second-order valence-electron chi connectivity index (χ2n) is 3.40. The minimum atomic E-state index is -0.366. The molecule has 0 aliphatic heterocycles. The molecule has 0 radical (unpaired) electrons. The van der Waals surface area contributed by atoms with E-state index < -0.39 is 0 Å². The van der Waals surface area contributed by atoms with Crippen LogP contribution in [0.3, 0.4) is 0 Å². The SMILES string of the molecule is N[C@H]1CCc2cc(Br)cc([N+](=O)[O-])c21. The van der Waals surface area contributed by atoms with E-state index in [-0.39, 0.29) is 16.7 Å². The quantitative estimate of drug-likeness (QED) is 0.619. The number of nitro benzene ring substituents is 1. The smallest absolute Gasteiger partial charge is 0.275 e. The molecule has 5 heteroatoms. The van der Waals surface area contributed by atoms with Crippen molar-refractivity contribution in [3.63, 3.8) is 0 Å². The van der Waals surface area contributed by atoms with Crippen molar-refractivity contribution in [2.45, 2.75) is 18.9 Å². The molecule has 0 fully saturated rings. The monoisotopic (exact) mass is 256 g/mol. The lowest BCUT2D eigenvalue weighted by Gasteiger charge is -2.05. The van der Waals surface area contributed by atoms with Gasteiger partial charge in [-0.1, -0.05) is 15.9 Å². The number of halogens is 1. The van der Waals surface area contributed by atoms with Crippen molar-refractivity contribution >= 4 is 21.6 Å². The maximum absolute atomic E-state index is 10.8. The van der Waals surface area contributed by atoms with Crippen LogP contribution in [-0.4, -0.2) is 4.92 Å². The fraction of sp³-hybridized carbons (Fsp3) is 0.333. The van der Waals surface area contributed by atoms with Gasteiger partial charge in [0, 0.05) is 22.1 Å². The van der Waals surface area contributed by atoms with Gasteiger partial charge in [-0.3, -0.25) is 10.1 Å². The van der Waals surface area contributed by atoms with Crippen LogP contribution in [0.15, 0.2) is 16.6 Å². The predicted octanol–water partition coefficient (Wildman–Crippen LogP) is 2.30. The largest absolute Gasteiger partial charge is 0.324 e. The Morgan fingerprint density at radius 3 is 2.93 bits per heavy atom. The third-order valence-corrected chi connectivity index (χ3v) is 2.96. The second-order valence-corrected chi connectivity index (χ2v) is 4.32. The Kier molecular flexibility index (Phi) is 2.28. The Morgan fingerprint density at radius 2 is 2.29 bits per heavy atom. The number of benzene rings is 1. The molecule has 2 N–H and O–H groups in total. The first kappa shape index (κ1) is 9.61. The summed E-state index contributed by atoms with van der Waals surface area (Å²) in [6.07, 6.45) is 1.63. The lowest BCUT2D eigenvalue weighted by molar-refractivity contribution is -0.385. The van der Waals surface area contributed by atoms with E-state index in [1.807, 2.05) is 6.07 Å². The Bertz CT molecular complexity index is 406. The van der Waals surface area contributed by atoms with Gasteiger partial charge in [0.15, 0.2) is 0 Å². The molecule has 0 bridgehead atoms. The van der Waals surface area contributed by atoms with Gasteiger partial charge in [-0.2, -0.15) is 0 Å². The number of aryl methyl sites for hydroxylation is 1. The van der Waals surface area contributed by atoms with E-state index in [9.17, 15) is 10.1 Å². The zero-order chi connectivity index (χ0) is 10.3. The average Bonchev–Trinajstić information content (AvgIpc) is 2.46. The van der Waals surface area contributed by atoms with Crippen LogP contribution < -0.4 is 5.73 Å². The van der Waals surface area contributed by atoms with E-state index in [2.05, 4.69) is 15.9 Å². The number of hydrogen-bond acceptors (Lipinski definition) is 3. The molecule has 14 heavy (non-hydrogen) atoms. The Labute approximate surface area is 89.4 Å². The average molecular weight is 257 g/mol. The standard InChI is InChI=1S/C9H9BrN2O2/c10-6-3-5-1-2-7(11)9(5)8(4-6)12(13)14/h3-4,7H,1-2,11H2/t7-/m0/s1. The van der Waals surface area contributed by atoms with Gasteiger partial charge in [0.1, 0.15) is 0 Å². The fourth-order valence-corrected chi connectivity index (χ4v) is 2.39. The van der Waals surface area contributed by atoms with Crippen molar-refractivity contribution in [3.8, 4) is 0 Å². The minimum absolute atomic E-state index is 0.138. The molecule has 1 aliphatic carbocycles. The summed E-state index contributed by atoms with van der Waals surface area (Å²) in [5, 5.41) is 10.8. The van der Waals surface area contributed by atoms with Crippen molar-refractivity contribution in [3.05, 3.63) is 37.8 Å². The Balaban J connectivity index is 2.65. The van der Waals surface area contributed by atoms with Gasteiger partial charge in [0.2, 0.25) is 0 Å². The van der Waals surface area contributed by atoms with Gasteiger partial charge in [-0.15, -0.1) is 0 Å². The van der Waals surface area contributed by atoms with Crippen molar-refractivity contribution in [1.29, 1.82) is 0 Å². The molecular formula is C9H9BrN2O2. The number of nitrogens with two attached hydrogens (primary N) is 1. The molecule has 74 valence electrons. The highest BCUT2D eigenvalue weighted by molar-refractivity contribution is 9.10. The van der Waals surface area contributed by atoms with Crippen LogP contribution in [0, 0.1) is 10.1 Å². The van der Waals surface area contributed by atoms with Crippen LogP contribution in [0.5, 0.6) is 0 Å². The van der Waals surface area contributed by atoms with Gasteiger partial charge < -0.3 is 5.73 Å². The maximum Gasteiger partial charge on any atom is 0.275 e. The zero-order valence-electron chi connectivity index (χ0n) is 7.37. The highest BCUT2D eigenvalue weighted by Gasteiger charge is 2.28. The van der Waals surface area contributed by atoms with Gasteiger partial charge in [0.25, 0.3) is 5.69 Å². The summed E-state index contributed by atoms with van der Waals surface area (Å²) in [4.78, 5) is 10.4. The summed E-state index contributed by atoms with van der Waals surface area (Å²) < 4.78 is 0.747. The van der Waals surface area contributed by atoms with E-state index in [4.69, 9.17) is 5.73 Å². The molecule has 0 unspecified atom stereocenters. The third-order valence-electron chi connectivity index (χ3n) is 2.50. The first-order valence-electron chi connectivity index (χ1n) is 4.32. The molecule has 0 amide bonds. The number of nitro groups is 1. The molecule has 0 heterocycles. The molecule has 4 nitrogen and oxygen atoms in total.